The minimum Gasteiger partial charge on any atom is -0.394 e. The zero-order chi connectivity index (χ0) is 11.6. The molecule has 7 nitrogen and oxygen atoms in total. The van der Waals surface area contributed by atoms with Gasteiger partial charge < -0.3 is 30.5 Å². The molecule has 1 fully saturated rings. The maximum absolute atomic E-state index is 10.7. The molecule has 0 bridgehead atoms. The second-order valence-electron chi connectivity index (χ2n) is 3.46. The van der Waals surface area contributed by atoms with E-state index in [2.05, 4.69) is 5.32 Å². The molecule has 0 aromatic heterocycles. The molecular weight excluding hydrogens is 206 g/mol. The highest BCUT2D eigenvalue weighted by Gasteiger charge is 2.43. The first-order valence-corrected chi connectivity index (χ1v) is 4.55. The lowest BCUT2D eigenvalue weighted by Crippen LogP contribution is -2.63. The Kier molecular flexibility index (Phi) is 4.00. The molecule has 0 radical (unpaired) electrons. The quantitative estimate of drug-likeness (QED) is 0.337. The van der Waals surface area contributed by atoms with Crippen molar-refractivity contribution in [2.24, 2.45) is 0 Å². The highest BCUT2D eigenvalue weighted by Crippen LogP contribution is 2.19. The van der Waals surface area contributed by atoms with Gasteiger partial charge in [-0.1, -0.05) is 0 Å². The minimum absolute atomic E-state index is 0.462. The highest BCUT2D eigenvalue weighted by molar-refractivity contribution is 5.73. The number of hydrogen-bond donors (Lipinski definition) is 5. The van der Waals surface area contributed by atoms with Gasteiger partial charge in [-0.25, -0.2) is 0 Å². The summed E-state index contributed by atoms with van der Waals surface area (Å²) in [5.74, 6) is -0.462. The van der Waals surface area contributed by atoms with E-state index in [4.69, 9.17) is 9.84 Å². The van der Waals surface area contributed by atoms with Crippen LogP contribution in [0.5, 0.6) is 0 Å². The summed E-state index contributed by atoms with van der Waals surface area (Å²) in [6.07, 6.45) is -5.24. The first-order chi connectivity index (χ1) is 6.97. The van der Waals surface area contributed by atoms with Crippen LogP contribution in [0.4, 0.5) is 0 Å². The Hall–Kier alpha value is -0.730. The van der Waals surface area contributed by atoms with E-state index in [1.165, 1.54) is 6.92 Å². The molecule has 1 unspecified atom stereocenters. The maximum atomic E-state index is 10.7. The summed E-state index contributed by atoms with van der Waals surface area (Å²) in [5.41, 5.74) is 0. The number of ether oxygens (including phenoxy) is 1. The lowest BCUT2D eigenvalue weighted by atomic mass is 9.97. The number of amides is 1. The molecule has 1 saturated heterocycles. The molecule has 5 atom stereocenters. The third-order valence-corrected chi connectivity index (χ3v) is 2.27. The molecule has 0 spiro atoms. The number of aliphatic hydroxyl groups is 4. The zero-order valence-electron chi connectivity index (χ0n) is 8.20. The van der Waals surface area contributed by atoms with Crippen molar-refractivity contribution in [3.63, 3.8) is 0 Å². The van der Waals surface area contributed by atoms with Crippen LogP contribution in [0.3, 0.4) is 0 Å². The third kappa shape index (κ3) is 2.64. The molecule has 15 heavy (non-hydrogen) atoms. The fourth-order valence-electron chi connectivity index (χ4n) is 1.49. The Morgan fingerprint density at radius 3 is 2.40 bits per heavy atom. The predicted octanol–water partition coefficient (Wildman–Crippen LogP) is -3.08. The predicted molar refractivity (Wildman–Crippen MR) is 47.6 cm³/mol. The number of carbonyl (C=O) groups is 1. The third-order valence-electron chi connectivity index (χ3n) is 2.27. The number of carbonyl (C=O) groups excluding carboxylic acids is 1. The lowest BCUT2D eigenvalue weighted by molar-refractivity contribution is -0.253. The van der Waals surface area contributed by atoms with Crippen molar-refractivity contribution >= 4 is 5.91 Å². The van der Waals surface area contributed by atoms with Crippen LogP contribution in [0.1, 0.15) is 6.92 Å². The van der Waals surface area contributed by atoms with Gasteiger partial charge in [-0.3, -0.25) is 4.79 Å². The zero-order valence-corrected chi connectivity index (χ0v) is 8.20. The molecule has 1 aliphatic rings. The van der Waals surface area contributed by atoms with Crippen molar-refractivity contribution < 1.29 is 30.0 Å². The molecule has 88 valence electrons. The van der Waals surface area contributed by atoms with Gasteiger partial charge in [0.05, 0.1) is 6.61 Å². The van der Waals surface area contributed by atoms with E-state index in [0.29, 0.717) is 0 Å². The first kappa shape index (κ1) is 12.3. The average molecular weight is 221 g/mol. The Bertz CT molecular complexity index is 235. The molecular formula is C8H15NO6. The molecule has 1 rings (SSSR count). The molecule has 0 aromatic carbocycles. The minimum atomic E-state index is -1.45. The smallest absolute Gasteiger partial charge is 0.217 e. The largest absolute Gasteiger partial charge is 0.394 e. The van der Waals surface area contributed by atoms with Gasteiger partial charge in [-0.2, -0.15) is 0 Å². The van der Waals surface area contributed by atoms with E-state index in [-0.39, 0.29) is 0 Å². The van der Waals surface area contributed by atoms with Crippen molar-refractivity contribution in [3.8, 4) is 0 Å². The first-order valence-electron chi connectivity index (χ1n) is 4.55. The summed E-state index contributed by atoms with van der Waals surface area (Å²) in [6, 6.07) is -1.10. The van der Waals surface area contributed by atoms with Gasteiger partial charge in [0.2, 0.25) is 5.91 Å². The molecule has 1 amide bonds. The standard InChI is InChI=1S/C8H15NO6/c1-3(11)9-5-7(13)6(12)4(2-10)15-8(5)14/h4-8,10,12-14H,2H2,1H3,(H,9,11)/t4-,5-,6+,7?,8-/m1/s1. The number of aliphatic hydroxyl groups excluding tert-OH is 4. The van der Waals surface area contributed by atoms with Gasteiger partial charge in [0, 0.05) is 6.92 Å². The van der Waals surface area contributed by atoms with Crippen LogP contribution in [-0.2, 0) is 9.53 Å². The molecule has 0 aliphatic carbocycles. The van der Waals surface area contributed by atoms with Crippen LogP contribution in [0.2, 0.25) is 0 Å². The second-order valence-corrected chi connectivity index (χ2v) is 3.46. The summed E-state index contributed by atoms with van der Waals surface area (Å²) in [7, 11) is 0. The van der Waals surface area contributed by atoms with Crippen molar-refractivity contribution in [1.82, 2.24) is 5.32 Å². The monoisotopic (exact) mass is 221 g/mol. The maximum Gasteiger partial charge on any atom is 0.217 e. The van der Waals surface area contributed by atoms with Gasteiger partial charge in [-0.15, -0.1) is 0 Å². The van der Waals surface area contributed by atoms with E-state index >= 15 is 0 Å². The second kappa shape index (κ2) is 4.86. The number of rotatable bonds is 2. The van der Waals surface area contributed by atoms with E-state index < -0.39 is 43.2 Å². The summed E-state index contributed by atoms with van der Waals surface area (Å²) >= 11 is 0. The van der Waals surface area contributed by atoms with Crippen molar-refractivity contribution in [3.05, 3.63) is 0 Å². The van der Waals surface area contributed by atoms with Crippen LogP contribution < -0.4 is 5.32 Å². The SMILES string of the molecule is CC(=O)N[C@@H]1C(O)[C@@H](O)[C@@H](CO)O[C@H]1O. The molecule has 0 saturated carbocycles. The van der Waals surface area contributed by atoms with Crippen molar-refractivity contribution in [2.75, 3.05) is 6.61 Å². The van der Waals surface area contributed by atoms with Crippen molar-refractivity contribution in [1.29, 1.82) is 0 Å². The van der Waals surface area contributed by atoms with Crippen LogP contribution in [0, 0.1) is 0 Å². The fourth-order valence-corrected chi connectivity index (χ4v) is 1.49. The topological polar surface area (TPSA) is 119 Å². The molecule has 1 aliphatic heterocycles. The van der Waals surface area contributed by atoms with E-state index in [0.717, 1.165) is 0 Å². The van der Waals surface area contributed by atoms with Gasteiger partial charge in [0.1, 0.15) is 24.4 Å². The van der Waals surface area contributed by atoms with Crippen LogP contribution in [0.25, 0.3) is 0 Å². The summed E-state index contributed by atoms with van der Waals surface area (Å²) < 4.78 is 4.81. The summed E-state index contributed by atoms with van der Waals surface area (Å²) in [6.45, 7) is 0.687. The van der Waals surface area contributed by atoms with Crippen molar-refractivity contribution in [2.45, 2.75) is 37.6 Å². The molecule has 7 heteroatoms. The Morgan fingerprint density at radius 1 is 1.33 bits per heavy atom. The Morgan fingerprint density at radius 2 is 1.93 bits per heavy atom. The lowest BCUT2D eigenvalue weighted by Gasteiger charge is -2.40. The summed E-state index contributed by atoms with van der Waals surface area (Å²) in [5, 5.41) is 39.4. The van der Waals surface area contributed by atoms with Crippen LogP contribution >= 0.6 is 0 Å². The van der Waals surface area contributed by atoms with Gasteiger partial charge >= 0.3 is 0 Å². The van der Waals surface area contributed by atoms with E-state index in [1.54, 1.807) is 0 Å². The number of hydrogen-bond acceptors (Lipinski definition) is 6. The van der Waals surface area contributed by atoms with E-state index in [9.17, 15) is 20.1 Å². The molecule has 0 aromatic rings. The fraction of sp³-hybridized carbons (Fsp3) is 0.875. The highest BCUT2D eigenvalue weighted by atomic mass is 16.6. The normalized spacial score (nSPS) is 41.3. The molecule has 5 N–H and O–H groups in total. The van der Waals surface area contributed by atoms with E-state index in [1.807, 2.05) is 0 Å². The summed E-state index contributed by atoms with van der Waals surface area (Å²) in [4.78, 5) is 10.7. The number of nitrogens with one attached hydrogen (secondary N) is 1. The van der Waals surface area contributed by atoms with Gasteiger partial charge in [-0.05, 0) is 0 Å². The Balaban J connectivity index is 2.70. The molecule has 1 heterocycles. The Labute approximate surface area is 86.3 Å². The van der Waals surface area contributed by atoms with Gasteiger partial charge in [0.25, 0.3) is 0 Å². The van der Waals surface area contributed by atoms with Gasteiger partial charge in [0.15, 0.2) is 6.29 Å². The van der Waals surface area contributed by atoms with Crippen LogP contribution in [-0.4, -0.2) is 63.6 Å². The average Bonchev–Trinajstić information content (AvgIpc) is 2.18. The van der Waals surface area contributed by atoms with Crippen LogP contribution in [0.15, 0.2) is 0 Å².